The normalized spacial score (nSPS) is 21.2. The second kappa shape index (κ2) is 17.7. The van der Waals surface area contributed by atoms with Crippen LogP contribution in [0.25, 0.3) is 21.9 Å². The smallest absolute Gasteiger partial charge is 0.294 e. The molecule has 0 bridgehead atoms. The van der Waals surface area contributed by atoms with Gasteiger partial charge >= 0.3 is 0 Å². The molecule has 63 heavy (non-hydrogen) atoms. The van der Waals surface area contributed by atoms with Gasteiger partial charge in [0, 0.05) is 88.3 Å². The topological polar surface area (TPSA) is 194 Å². The first-order valence-corrected chi connectivity index (χ1v) is 22.2. The fraction of sp³-hybridized carbons (Fsp3) is 0.500. The van der Waals surface area contributed by atoms with Crippen LogP contribution in [0, 0.1) is 0 Å². The van der Waals surface area contributed by atoms with Crippen LogP contribution >= 0.6 is 11.6 Å². The zero-order valence-corrected chi connectivity index (χ0v) is 36.7. The number of aromatic nitrogens is 6. The van der Waals surface area contributed by atoms with E-state index in [1.165, 1.54) is 7.05 Å². The molecule has 332 valence electrons. The van der Waals surface area contributed by atoms with E-state index in [1.807, 2.05) is 31.6 Å². The molecule has 5 aromatic rings. The summed E-state index contributed by atoms with van der Waals surface area (Å²) in [6.07, 6.45) is 8.57. The molecule has 0 radical (unpaired) electrons. The number of hydrogen-bond acceptors (Lipinski definition) is 14. The molecule has 7 heterocycles. The molecule has 3 saturated heterocycles. The Morgan fingerprint density at radius 3 is 2.46 bits per heavy atom. The van der Waals surface area contributed by atoms with E-state index in [0.717, 1.165) is 87.2 Å². The van der Waals surface area contributed by atoms with Gasteiger partial charge in [0.1, 0.15) is 10.7 Å². The standard InChI is InChI=1S/C44H53ClN12O6/c1-25(2)57-41-26(18-36(43(57)61)62-24-38(59)46-3)17-27(22-47-41)49-40-34(45)23-48-44(51-40)56-15-13-55(14-16-56)29-19-31(20-29)63-30-9-11-54(12-10-30)28-5-6-32-35(21-28)53(4)52-39(32)33-7-8-37(58)50-42(33)60/h5-6,17-18,21-23,25,29-31,33H,7-16,19-20,24H2,1-4H3,(H,46,59)(H,48,49,51)(H,50,58,60). The monoisotopic (exact) mass is 880 g/mol. The Bertz CT molecular complexity index is 2610. The summed E-state index contributed by atoms with van der Waals surface area (Å²) in [6.45, 7) is 8.69. The Kier molecular flexibility index (Phi) is 11.9. The maximum atomic E-state index is 13.2. The summed E-state index contributed by atoms with van der Waals surface area (Å²) in [5.74, 6) is -0.154. The summed E-state index contributed by atoms with van der Waals surface area (Å²) < 4.78 is 15.6. The number of ether oxygens (including phenoxy) is 2. The van der Waals surface area contributed by atoms with Gasteiger partial charge in [-0.05, 0) is 76.3 Å². The average Bonchev–Trinajstić information content (AvgIpc) is 3.59. The highest BCUT2D eigenvalue weighted by Crippen LogP contribution is 2.36. The molecule has 3 aliphatic heterocycles. The molecule has 19 heteroatoms. The molecule has 4 aliphatic rings. The van der Waals surface area contributed by atoms with Crippen molar-refractivity contribution in [2.24, 2.45) is 7.05 Å². The van der Waals surface area contributed by atoms with Crippen molar-refractivity contribution in [3.63, 3.8) is 0 Å². The molecule has 1 saturated carbocycles. The van der Waals surface area contributed by atoms with E-state index < -0.39 is 5.92 Å². The number of fused-ring (bicyclic) bond motifs is 2. The van der Waals surface area contributed by atoms with Gasteiger partial charge in [-0.2, -0.15) is 10.1 Å². The Balaban J connectivity index is 0.751. The minimum absolute atomic E-state index is 0.0602. The van der Waals surface area contributed by atoms with Gasteiger partial charge in [-0.3, -0.25) is 38.6 Å². The predicted octanol–water partition coefficient (Wildman–Crippen LogP) is 4.03. The van der Waals surface area contributed by atoms with Crippen LogP contribution in [0.3, 0.4) is 0 Å². The summed E-state index contributed by atoms with van der Waals surface area (Å²) in [7, 11) is 3.42. The van der Waals surface area contributed by atoms with Crippen LogP contribution in [0.5, 0.6) is 5.75 Å². The molecular formula is C44H53ClN12O6. The molecule has 0 spiro atoms. The van der Waals surface area contributed by atoms with Gasteiger partial charge in [0.2, 0.25) is 17.8 Å². The maximum Gasteiger partial charge on any atom is 0.294 e. The van der Waals surface area contributed by atoms with Crippen LogP contribution in [0.1, 0.15) is 70.0 Å². The predicted molar refractivity (Wildman–Crippen MR) is 239 cm³/mol. The highest BCUT2D eigenvalue weighted by atomic mass is 35.5. The van der Waals surface area contributed by atoms with E-state index >= 15 is 0 Å². The lowest BCUT2D eigenvalue weighted by Crippen LogP contribution is -2.56. The summed E-state index contributed by atoms with van der Waals surface area (Å²) >= 11 is 6.59. The molecule has 18 nitrogen and oxygen atoms in total. The van der Waals surface area contributed by atoms with Crippen molar-refractivity contribution >= 4 is 74.4 Å². The number of nitrogens with one attached hydrogen (secondary N) is 3. The van der Waals surface area contributed by atoms with Crippen LogP contribution in [0.15, 0.2) is 47.5 Å². The van der Waals surface area contributed by atoms with Gasteiger partial charge in [0.15, 0.2) is 18.2 Å². The number of carbonyl (C=O) groups excluding carboxylic acids is 3. The number of carbonyl (C=O) groups is 3. The van der Waals surface area contributed by atoms with Gasteiger partial charge < -0.3 is 29.9 Å². The fourth-order valence-electron chi connectivity index (χ4n) is 9.24. The van der Waals surface area contributed by atoms with Crippen molar-refractivity contribution in [2.75, 3.05) is 68.0 Å². The van der Waals surface area contributed by atoms with Crippen molar-refractivity contribution in [1.29, 1.82) is 0 Å². The second-order valence-electron chi connectivity index (χ2n) is 17.2. The molecule has 3 amide bonds. The van der Waals surface area contributed by atoms with Gasteiger partial charge in [-0.15, -0.1) is 0 Å². The number of piperidine rings is 2. The van der Waals surface area contributed by atoms with E-state index in [4.69, 9.17) is 31.2 Å². The summed E-state index contributed by atoms with van der Waals surface area (Å²) in [5, 5.41) is 14.9. The van der Waals surface area contributed by atoms with Crippen LogP contribution in [0.2, 0.25) is 5.02 Å². The second-order valence-corrected chi connectivity index (χ2v) is 17.6. The molecule has 4 fully saturated rings. The Labute approximate surface area is 369 Å². The Hall–Kier alpha value is -5.85. The summed E-state index contributed by atoms with van der Waals surface area (Å²) in [5.41, 5.74) is 3.60. The van der Waals surface area contributed by atoms with E-state index in [9.17, 15) is 19.2 Å². The van der Waals surface area contributed by atoms with Crippen molar-refractivity contribution in [3.8, 4) is 5.75 Å². The van der Waals surface area contributed by atoms with Gasteiger partial charge in [0.05, 0.1) is 47.4 Å². The number of hydrogen-bond donors (Lipinski definition) is 3. The van der Waals surface area contributed by atoms with Crippen LogP contribution in [-0.4, -0.2) is 123 Å². The van der Waals surface area contributed by atoms with Gasteiger partial charge in [-0.1, -0.05) is 11.6 Å². The van der Waals surface area contributed by atoms with Crippen LogP contribution in [0.4, 0.5) is 23.1 Å². The molecule has 1 aliphatic carbocycles. The third-order valence-electron chi connectivity index (χ3n) is 12.8. The quantitative estimate of drug-likeness (QED) is 0.152. The van der Waals surface area contributed by atoms with E-state index in [0.29, 0.717) is 52.4 Å². The number of amides is 3. The van der Waals surface area contributed by atoms with Crippen LogP contribution in [-0.2, 0) is 26.2 Å². The Morgan fingerprint density at radius 2 is 1.73 bits per heavy atom. The summed E-state index contributed by atoms with van der Waals surface area (Å²) in [6, 6.07) is 10.1. The molecular weight excluding hydrogens is 828 g/mol. The number of piperazine rings is 1. The SMILES string of the molecule is CNC(=O)COc1cc2cc(Nc3nc(N4CCN(C5CC(OC6CCN(c7ccc8c(C9CCC(=O)NC9=O)nn(C)c8c7)CC6)C5)CC4)ncc3Cl)cnc2n(C(C)C)c1=O. The highest BCUT2D eigenvalue weighted by Gasteiger charge is 2.38. The largest absolute Gasteiger partial charge is 0.478 e. The third kappa shape index (κ3) is 8.75. The number of likely N-dealkylation sites (N-methyl/N-ethyl adjacent to an activating group) is 1. The van der Waals surface area contributed by atoms with Crippen molar-refractivity contribution in [2.45, 2.75) is 82.6 Å². The van der Waals surface area contributed by atoms with Crippen LogP contribution < -0.4 is 36.0 Å². The first-order chi connectivity index (χ1) is 30.4. The number of nitrogens with zero attached hydrogens (tertiary/aromatic N) is 9. The van der Waals surface area contributed by atoms with E-state index in [1.54, 1.807) is 23.0 Å². The number of benzene rings is 1. The highest BCUT2D eigenvalue weighted by molar-refractivity contribution is 6.33. The zero-order chi connectivity index (χ0) is 43.9. The number of anilines is 4. The number of imide groups is 1. The molecule has 4 aromatic heterocycles. The molecule has 1 atom stereocenters. The van der Waals surface area contributed by atoms with Crippen molar-refractivity contribution in [3.05, 3.63) is 63.8 Å². The zero-order valence-electron chi connectivity index (χ0n) is 36.0. The number of halogens is 1. The molecule has 1 aromatic carbocycles. The number of pyridine rings is 2. The van der Waals surface area contributed by atoms with Gasteiger partial charge in [0.25, 0.3) is 11.5 Å². The minimum atomic E-state index is -0.415. The lowest BCUT2D eigenvalue weighted by molar-refractivity contribution is -0.134. The number of rotatable bonds is 12. The third-order valence-corrected chi connectivity index (χ3v) is 13.1. The minimum Gasteiger partial charge on any atom is -0.478 e. The number of aryl methyl sites for hydroxylation is 1. The molecule has 9 rings (SSSR count). The van der Waals surface area contributed by atoms with Crippen molar-refractivity contribution in [1.82, 2.24) is 44.8 Å². The lowest BCUT2D eigenvalue weighted by atomic mass is 9.87. The average molecular weight is 881 g/mol. The molecule has 3 N–H and O–H groups in total. The maximum absolute atomic E-state index is 13.2. The first-order valence-electron chi connectivity index (χ1n) is 21.8. The van der Waals surface area contributed by atoms with Gasteiger partial charge in [-0.25, -0.2) is 9.97 Å². The van der Waals surface area contributed by atoms with E-state index in [-0.39, 0.29) is 53.9 Å². The summed E-state index contributed by atoms with van der Waals surface area (Å²) in [4.78, 5) is 70.4. The van der Waals surface area contributed by atoms with E-state index in [2.05, 4.69) is 58.8 Å². The van der Waals surface area contributed by atoms with Crippen molar-refractivity contribution < 1.29 is 23.9 Å². The fourth-order valence-corrected chi connectivity index (χ4v) is 9.38. The lowest BCUT2D eigenvalue weighted by Gasteiger charge is -2.47. The first kappa shape index (κ1) is 42.5. The molecule has 1 unspecified atom stereocenters. The Morgan fingerprint density at radius 1 is 0.952 bits per heavy atom.